The van der Waals surface area contributed by atoms with Gasteiger partial charge in [-0.2, -0.15) is 0 Å². The highest BCUT2D eigenvalue weighted by molar-refractivity contribution is 5.87. The highest BCUT2D eigenvalue weighted by Gasteiger charge is 2.32. The molecule has 2 aromatic heterocycles. The number of imidazole rings is 1. The van der Waals surface area contributed by atoms with Crippen LogP contribution in [0.1, 0.15) is 24.0 Å². The number of hydrogen-bond acceptors (Lipinski definition) is 5. The summed E-state index contributed by atoms with van der Waals surface area (Å²) in [5.74, 6) is -0.684. The van der Waals surface area contributed by atoms with Crippen molar-refractivity contribution >= 4 is 23.0 Å². The lowest BCUT2D eigenvalue weighted by molar-refractivity contribution is -0.140. The van der Waals surface area contributed by atoms with Crippen molar-refractivity contribution in [2.24, 2.45) is 19.8 Å². The zero-order chi connectivity index (χ0) is 22.3. The number of hydrogen-bond donors (Lipinski definition) is 1. The standard InChI is InChI=1S/C21H24N6O4/c1-24-19-17(20(30)25(2)21(24)31)26(12-23-19)9-5-8-16(28)27-11-14-7-4-3-6-13(14)10-15(27)18(22)29/h3-4,6-7,12,15H,5,8-11H2,1-2H3,(H2,22,29)/t15-/m1/s1. The molecule has 0 bridgehead atoms. The van der Waals surface area contributed by atoms with Crippen LogP contribution < -0.4 is 17.0 Å². The second kappa shape index (κ2) is 7.86. The van der Waals surface area contributed by atoms with Crippen molar-refractivity contribution < 1.29 is 9.59 Å². The van der Waals surface area contributed by atoms with Gasteiger partial charge in [-0.05, 0) is 17.5 Å². The maximum absolute atomic E-state index is 12.9. The van der Waals surface area contributed by atoms with E-state index in [-0.39, 0.29) is 12.3 Å². The lowest BCUT2D eigenvalue weighted by Gasteiger charge is -2.35. The predicted molar refractivity (Wildman–Crippen MR) is 113 cm³/mol. The quantitative estimate of drug-likeness (QED) is 0.599. The van der Waals surface area contributed by atoms with Crippen molar-refractivity contribution in [2.75, 3.05) is 0 Å². The Morgan fingerprint density at radius 1 is 1.13 bits per heavy atom. The van der Waals surface area contributed by atoms with E-state index >= 15 is 0 Å². The van der Waals surface area contributed by atoms with Crippen LogP contribution in [0.5, 0.6) is 0 Å². The highest BCUT2D eigenvalue weighted by atomic mass is 16.2. The van der Waals surface area contributed by atoms with Gasteiger partial charge in [-0.15, -0.1) is 0 Å². The first-order chi connectivity index (χ1) is 14.8. The lowest BCUT2D eigenvalue weighted by atomic mass is 9.93. The monoisotopic (exact) mass is 424 g/mol. The normalized spacial score (nSPS) is 15.8. The van der Waals surface area contributed by atoms with Crippen molar-refractivity contribution in [3.8, 4) is 0 Å². The Hall–Kier alpha value is -3.69. The number of rotatable bonds is 5. The molecule has 31 heavy (non-hydrogen) atoms. The summed E-state index contributed by atoms with van der Waals surface area (Å²) in [6.45, 7) is 0.723. The van der Waals surface area contributed by atoms with Gasteiger partial charge in [0.05, 0.1) is 6.33 Å². The summed E-state index contributed by atoms with van der Waals surface area (Å²) in [6, 6.07) is 7.04. The minimum atomic E-state index is -0.668. The molecule has 3 aromatic rings. The number of aryl methyl sites for hydroxylation is 2. The van der Waals surface area contributed by atoms with Crippen LogP contribution in [-0.2, 0) is 43.2 Å². The van der Waals surface area contributed by atoms with E-state index in [0.29, 0.717) is 37.1 Å². The summed E-state index contributed by atoms with van der Waals surface area (Å²) in [5, 5.41) is 0. The Kier molecular flexibility index (Phi) is 5.22. The lowest BCUT2D eigenvalue weighted by Crippen LogP contribution is -2.51. The summed E-state index contributed by atoms with van der Waals surface area (Å²) >= 11 is 0. The number of amides is 2. The number of fused-ring (bicyclic) bond motifs is 2. The highest BCUT2D eigenvalue weighted by Crippen LogP contribution is 2.24. The van der Waals surface area contributed by atoms with Gasteiger partial charge in [0, 0.05) is 40.0 Å². The van der Waals surface area contributed by atoms with E-state index < -0.39 is 23.2 Å². The topological polar surface area (TPSA) is 125 Å². The Morgan fingerprint density at radius 3 is 2.55 bits per heavy atom. The molecular weight excluding hydrogens is 400 g/mol. The molecule has 162 valence electrons. The van der Waals surface area contributed by atoms with Crippen molar-refractivity contribution in [1.29, 1.82) is 0 Å². The molecular formula is C21H24N6O4. The third-order valence-corrected chi connectivity index (χ3v) is 5.90. The van der Waals surface area contributed by atoms with E-state index in [2.05, 4.69) is 4.98 Å². The van der Waals surface area contributed by atoms with E-state index in [4.69, 9.17) is 5.73 Å². The number of carbonyl (C=O) groups is 2. The first-order valence-electron chi connectivity index (χ1n) is 10.1. The van der Waals surface area contributed by atoms with Gasteiger partial charge in [-0.25, -0.2) is 9.78 Å². The van der Waals surface area contributed by atoms with Gasteiger partial charge in [-0.1, -0.05) is 24.3 Å². The number of carbonyl (C=O) groups excluding carboxylic acids is 2. The van der Waals surface area contributed by atoms with Gasteiger partial charge in [0.25, 0.3) is 5.56 Å². The minimum absolute atomic E-state index is 0.164. The van der Waals surface area contributed by atoms with E-state index in [0.717, 1.165) is 15.7 Å². The van der Waals surface area contributed by atoms with Crippen molar-refractivity contribution in [3.63, 3.8) is 0 Å². The third-order valence-electron chi connectivity index (χ3n) is 5.90. The van der Waals surface area contributed by atoms with Crippen LogP contribution in [-0.4, -0.2) is 41.4 Å². The van der Waals surface area contributed by atoms with Gasteiger partial charge in [-0.3, -0.25) is 23.5 Å². The fourth-order valence-electron chi connectivity index (χ4n) is 4.15. The van der Waals surface area contributed by atoms with E-state index in [9.17, 15) is 19.2 Å². The van der Waals surface area contributed by atoms with Crippen LogP contribution in [0, 0.1) is 0 Å². The largest absolute Gasteiger partial charge is 0.368 e. The van der Waals surface area contributed by atoms with Crippen molar-refractivity contribution in [1.82, 2.24) is 23.6 Å². The van der Waals surface area contributed by atoms with Gasteiger partial charge < -0.3 is 15.2 Å². The van der Waals surface area contributed by atoms with Gasteiger partial charge in [0.1, 0.15) is 6.04 Å². The molecule has 0 saturated carbocycles. The average molecular weight is 424 g/mol. The second-order valence-electron chi connectivity index (χ2n) is 7.83. The molecule has 0 fully saturated rings. The molecule has 2 amide bonds. The smallest absolute Gasteiger partial charge is 0.332 e. The van der Waals surface area contributed by atoms with Crippen LogP contribution in [0.15, 0.2) is 40.2 Å². The summed E-state index contributed by atoms with van der Waals surface area (Å²) < 4.78 is 4.01. The van der Waals surface area contributed by atoms with E-state index in [1.165, 1.54) is 17.9 Å². The molecule has 2 N–H and O–H groups in total. The first-order valence-corrected chi connectivity index (χ1v) is 10.1. The number of primary amides is 1. The summed E-state index contributed by atoms with van der Waals surface area (Å²) in [4.78, 5) is 55.2. The minimum Gasteiger partial charge on any atom is -0.368 e. The van der Waals surface area contributed by atoms with E-state index in [1.54, 1.807) is 16.5 Å². The SMILES string of the molecule is Cn1c(=O)c2c(ncn2CCCC(=O)N2Cc3ccccc3C[C@@H]2C(N)=O)n(C)c1=O. The molecule has 3 heterocycles. The molecule has 0 aliphatic carbocycles. The molecule has 0 saturated heterocycles. The van der Waals surface area contributed by atoms with Crippen LogP contribution in [0.3, 0.4) is 0 Å². The fourth-order valence-corrected chi connectivity index (χ4v) is 4.15. The van der Waals surface area contributed by atoms with Gasteiger partial charge in [0.15, 0.2) is 11.2 Å². The Labute approximate surface area is 177 Å². The zero-order valence-electron chi connectivity index (χ0n) is 17.4. The van der Waals surface area contributed by atoms with Crippen LogP contribution in [0.25, 0.3) is 11.2 Å². The molecule has 4 rings (SSSR count). The molecule has 1 aliphatic rings. The Balaban J connectivity index is 1.50. The number of aromatic nitrogens is 4. The molecule has 0 unspecified atom stereocenters. The Bertz CT molecular complexity index is 1300. The fraction of sp³-hybridized carbons (Fsp3) is 0.381. The van der Waals surface area contributed by atoms with Crippen LogP contribution in [0.4, 0.5) is 0 Å². The molecule has 0 radical (unpaired) electrons. The maximum Gasteiger partial charge on any atom is 0.332 e. The molecule has 1 atom stereocenters. The first kappa shape index (κ1) is 20.6. The number of benzene rings is 1. The second-order valence-corrected chi connectivity index (χ2v) is 7.83. The summed E-state index contributed by atoms with van der Waals surface area (Å²) in [7, 11) is 2.98. The van der Waals surface area contributed by atoms with E-state index in [1.807, 2.05) is 24.3 Å². The van der Waals surface area contributed by atoms with Crippen LogP contribution in [0.2, 0.25) is 0 Å². The van der Waals surface area contributed by atoms with Crippen molar-refractivity contribution in [2.45, 2.75) is 38.4 Å². The third kappa shape index (κ3) is 3.54. The molecule has 10 nitrogen and oxygen atoms in total. The maximum atomic E-state index is 12.9. The van der Waals surface area contributed by atoms with Gasteiger partial charge >= 0.3 is 5.69 Å². The number of nitrogens with two attached hydrogens (primary N) is 1. The predicted octanol–water partition coefficient (Wildman–Crippen LogP) is -0.347. The molecule has 1 aliphatic heterocycles. The number of nitrogens with zero attached hydrogens (tertiary/aromatic N) is 5. The van der Waals surface area contributed by atoms with Crippen LogP contribution >= 0.6 is 0 Å². The summed E-state index contributed by atoms with van der Waals surface area (Å²) in [5.41, 5.74) is 7.36. The molecule has 10 heteroatoms. The van der Waals surface area contributed by atoms with Gasteiger partial charge in [0.2, 0.25) is 11.8 Å². The molecule has 0 spiro atoms. The van der Waals surface area contributed by atoms with Crippen molar-refractivity contribution in [3.05, 3.63) is 62.6 Å². The Morgan fingerprint density at radius 2 is 1.84 bits per heavy atom. The average Bonchev–Trinajstić information content (AvgIpc) is 3.19. The zero-order valence-corrected chi connectivity index (χ0v) is 17.4. The summed E-state index contributed by atoms with van der Waals surface area (Å²) in [6.07, 6.45) is 2.55. The molecule has 1 aromatic carbocycles.